The molecule has 0 saturated heterocycles. The summed E-state index contributed by atoms with van der Waals surface area (Å²) in [5.41, 5.74) is 2.47. The number of halogens is 1. The van der Waals surface area contributed by atoms with Gasteiger partial charge in [-0.25, -0.2) is 9.78 Å². The number of carboxylic acid groups (broad SMARTS) is 1. The Morgan fingerprint density at radius 2 is 2.32 bits per heavy atom. The highest BCUT2D eigenvalue weighted by atomic mass is 35.5. The zero-order chi connectivity index (χ0) is 13.8. The minimum atomic E-state index is -1.09. The van der Waals surface area contributed by atoms with E-state index in [1.807, 2.05) is 31.2 Å². The molecule has 1 aromatic carbocycles. The number of carboxylic acids is 1. The van der Waals surface area contributed by atoms with Gasteiger partial charge in [0.1, 0.15) is 5.15 Å². The van der Waals surface area contributed by atoms with Gasteiger partial charge in [0.2, 0.25) is 6.61 Å². The lowest BCUT2D eigenvalue weighted by atomic mass is 10.1. The highest BCUT2D eigenvalue weighted by Gasteiger charge is 2.03. The maximum atomic E-state index is 10.2. The maximum absolute atomic E-state index is 10.2. The number of fused-ring (bicyclic) bond motifs is 1. The van der Waals surface area contributed by atoms with Crippen molar-refractivity contribution >= 4 is 34.7 Å². The Labute approximate surface area is 114 Å². The van der Waals surface area contributed by atoms with Crippen molar-refractivity contribution in [3.63, 3.8) is 0 Å². The Balaban J connectivity index is 2.26. The molecule has 0 radical (unpaired) electrons. The number of rotatable bonds is 4. The van der Waals surface area contributed by atoms with E-state index in [-0.39, 0.29) is 0 Å². The molecule has 0 aliphatic carbocycles. The summed E-state index contributed by atoms with van der Waals surface area (Å²) in [6.07, 6.45) is 1.34. The van der Waals surface area contributed by atoms with Crippen LogP contribution < -0.4 is 0 Å². The van der Waals surface area contributed by atoms with Crippen LogP contribution in [0.2, 0.25) is 5.15 Å². The third kappa shape index (κ3) is 3.42. The zero-order valence-corrected chi connectivity index (χ0v) is 10.9. The van der Waals surface area contributed by atoms with Crippen molar-refractivity contribution in [1.82, 2.24) is 4.98 Å². The van der Waals surface area contributed by atoms with E-state index >= 15 is 0 Å². The average Bonchev–Trinajstić information content (AvgIpc) is 2.34. The minimum Gasteiger partial charge on any atom is -0.479 e. The van der Waals surface area contributed by atoms with Crippen LogP contribution in [0.4, 0.5) is 0 Å². The summed E-state index contributed by atoms with van der Waals surface area (Å²) in [5.74, 6) is -1.09. The lowest BCUT2D eigenvalue weighted by Gasteiger charge is -2.02. The molecule has 19 heavy (non-hydrogen) atoms. The van der Waals surface area contributed by atoms with E-state index in [0.29, 0.717) is 10.7 Å². The van der Waals surface area contributed by atoms with Gasteiger partial charge in [0.25, 0.3) is 0 Å². The number of hydrogen-bond donors (Lipinski definition) is 1. The van der Waals surface area contributed by atoms with Crippen LogP contribution in [-0.2, 0) is 9.63 Å². The van der Waals surface area contributed by atoms with Gasteiger partial charge in [0.15, 0.2) is 0 Å². The van der Waals surface area contributed by atoms with Crippen LogP contribution in [0.5, 0.6) is 0 Å². The summed E-state index contributed by atoms with van der Waals surface area (Å²) in [7, 11) is 0. The summed E-state index contributed by atoms with van der Waals surface area (Å²) in [5, 5.41) is 13.1. The van der Waals surface area contributed by atoms with Gasteiger partial charge in [-0.2, -0.15) is 0 Å². The number of carbonyl (C=O) groups is 1. The van der Waals surface area contributed by atoms with Gasteiger partial charge in [0.05, 0.1) is 11.7 Å². The van der Waals surface area contributed by atoms with Crippen molar-refractivity contribution in [3.05, 3.63) is 40.5 Å². The van der Waals surface area contributed by atoms with Gasteiger partial charge in [0, 0.05) is 10.9 Å². The number of aromatic nitrogens is 1. The molecule has 0 aliphatic heterocycles. The van der Waals surface area contributed by atoms with Crippen molar-refractivity contribution in [1.29, 1.82) is 0 Å². The molecule has 0 saturated carbocycles. The van der Waals surface area contributed by atoms with Crippen LogP contribution in [0.3, 0.4) is 0 Å². The Bertz CT molecular complexity index is 656. The Hall–Kier alpha value is -2.14. The van der Waals surface area contributed by atoms with Crippen LogP contribution in [0.15, 0.2) is 29.4 Å². The third-order valence-corrected chi connectivity index (χ3v) is 2.71. The summed E-state index contributed by atoms with van der Waals surface area (Å²) < 4.78 is 0. The SMILES string of the molecule is Cc1ccc2cc(C=NOCC(=O)O)c(Cl)nc2c1. The molecule has 0 bridgehead atoms. The smallest absolute Gasteiger partial charge is 0.344 e. The Morgan fingerprint density at radius 3 is 3.05 bits per heavy atom. The van der Waals surface area contributed by atoms with Crippen molar-refractivity contribution in [2.75, 3.05) is 6.61 Å². The second kappa shape index (κ2) is 5.67. The van der Waals surface area contributed by atoms with Gasteiger partial charge in [-0.3, -0.25) is 0 Å². The lowest BCUT2D eigenvalue weighted by Crippen LogP contribution is -2.03. The molecule has 2 rings (SSSR count). The average molecular weight is 279 g/mol. The van der Waals surface area contributed by atoms with Crippen molar-refractivity contribution in [3.8, 4) is 0 Å². The van der Waals surface area contributed by atoms with Crippen molar-refractivity contribution in [2.24, 2.45) is 5.16 Å². The molecular weight excluding hydrogens is 268 g/mol. The first kappa shape index (κ1) is 13.3. The van der Waals surface area contributed by atoms with E-state index in [2.05, 4.69) is 15.0 Å². The summed E-state index contributed by atoms with van der Waals surface area (Å²) in [4.78, 5) is 19.1. The van der Waals surface area contributed by atoms with Crippen LogP contribution in [0, 0.1) is 6.92 Å². The van der Waals surface area contributed by atoms with Crippen molar-refractivity contribution < 1.29 is 14.7 Å². The predicted molar refractivity (Wildman–Crippen MR) is 72.7 cm³/mol. The first-order valence-corrected chi connectivity index (χ1v) is 5.88. The third-order valence-electron chi connectivity index (χ3n) is 2.41. The molecule has 1 aromatic heterocycles. The lowest BCUT2D eigenvalue weighted by molar-refractivity contribution is -0.142. The van der Waals surface area contributed by atoms with E-state index in [1.165, 1.54) is 6.21 Å². The van der Waals surface area contributed by atoms with E-state index in [9.17, 15) is 4.79 Å². The number of nitrogens with zero attached hydrogens (tertiary/aromatic N) is 2. The Kier molecular flexibility index (Phi) is 3.97. The number of pyridine rings is 1. The van der Waals surface area contributed by atoms with E-state index in [4.69, 9.17) is 16.7 Å². The van der Waals surface area contributed by atoms with E-state index < -0.39 is 12.6 Å². The fourth-order valence-electron chi connectivity index (χ4n) is 1.55. The largest absolute Gasteiger partial charge is 0.479 e. The second-order valence-corrected chi connectivity index (χ2v) is 4.32. The zero-order valence-electron chi connectivity index (χ0n) is 10.1. The summed E-state index contributed by atoms with van der Waals surface area (Å²) >= 11 is 6.02. The van der Waals surface area contributed by atoms with Gasteiger partial charge in [-0.05, 0) is 24.6 Å². The second-order valence-electron chi connectivity index (χ2n) is 3.97. The number of aliphatic carboxylic acids is 1. The molecule has 0 unspecified atom stereocenters. The molecule has 0 spiro atoms. The van der Waals surface area contributed by atoms with Gasteiger partial charge < -0.3 is 9.94 Å². The summed E-state index contributed by atoms with van der Waals surface area (Å²) in [6.45, 7) is 1.48. The van der Waals surface area contributed by atoms with Gasteiger partial charge in [-0.15, -0.1) is 0 Å². The molecule has 0 aliphatic rings. The van der Waals surface area contributed by atoms with Crippen molar-refractivity contribution in [2.45, 2.75) is 6.92 Å². The number of aryl methyl sites for hydroxylation is 1. The quantitative estimate of drug-likeness (QED) is 0.530. The highest BCUT2D eigenvalue weighted by Crippen LogP contribution is 2.20. The minimum absolute atomic E-state index is 0.292. The molecule has 1 heterocycles. The molecule has 5 nitrogen and oxygen atoms in total. The van der Waals surface area contributed by atoms with Crippen LogP contribution in [0.25, 0.3) is 10.9 Å². The fourth-order valence-corrected chi connectivity index (χ4v) is 1.74. The molecule has 0 amide bonds. The van der Waals surface area contributed by atoms with Crippen LogP contribution in [-0.4, -0.2) is 28.9 Å². The standard InChI is InChI=1S/C13H11ClN2O3/c1-8-2-3-9-5-10(6-15-19-7-12(17)18)13(14)16-11(9)4-8/h2-6H,7H2,1H3,(H,17,18). The topological polar surface area (TPSA) is 71.8 Å². The maximum Gasteiger partial charge on any atom is 0.344 e. The number of hydrogen-bond acceptors (Lipinski definition) is 4. The fraction of sp³-hybridized carbons (Fsp3) is 0.154. The van der Waals surface area contributed by atoms with E-state index in [0.717, 1.165) is 16.5 Å². The molecule has 0 fully saturated rings. The number of oxime groups is 1. The first-order valence-electron chi connectivity index (χ1n) is 5.50. The molecule has 0 atom stereocenters. The summed E-state index contributed by atoms with van der Waals surface area (Å²) in [6, 6.07) is 7.66. The van der Waals surface area contributed by atoms with Crippen LogP contribution in [0.1, 0.15) is 11.1 Å². The number of benzene rings is 1. The van der Waals surface area contributed by atoms with Gasteiger partial charge >= 0.3 is 5.97 Å². The molecule has 1 N–H and O–H groups in total. The van der Waals surface area contributed by atoms with Crippen LogP contribution >= 0.6 is 11.6 Å². The molecule has 98 valence electrons. The first-order chi connectivity index (χ1) is 9.06. The van der Waals surface area contributed by atoms with Gasteiger partial charge in [-0.1, -0.05) is 28.9 Å². The molecule has 2 aromatic rings. The highest BCUT2D eigenvalue weighted by molar-refractivity contribution is 6.32. The monoisotopic (exact) mass is 278 g/mol. The van der Waals surface area contributed by atoms with E-state index in [1.54, 1.807) is 0 Å². The Morgan fingerprint density at radius 1 is 1.53 bits per heavy atom. The predicted octanol–water partition coefficient (Wildman–Crippen LogP) is 2.63. The normalized spacial score (nSPS) is 11.1. The molecular formula is C13H11ClN2O3. The molecule has 6 heteroatoms.